The summed E-state index contributed by atoms with van der Waals surface area (Å²) >= 11 is 0. The number of fused-ring (bicyclic) bond motifs is 1. The molecule has 0 unspecified atom stereocenters. The number of carbonyl (C=O) groups excluding carboxylic acids is 1. The standard InChI is InChI=1S/C24H22N2O4/c1-15-3-6-18(12-19(15)16-4-8-22(28-2)25-13-16)26-23(27)24(9-10-24)17-5-7-20-21(11-17)30-14-29-20/h3-8,11-13H,9-10,14H2,1-2H3,(H,26,27). The largest absolute Gasteiger partial charge is 0.481 e. The van der Waals surface area contributed by atoms with Crippen LogP contribution < -0.4 is 19.5 Å². The molecule has 5 rings (SSSR count). The molecule has 3 aromatic rings. The van der Waals surface area contributed by atoms with Gasteiger partial charge >= 0.3 is 0 Å². The Morgan fingerprint density at radius 1 is 1.07 bits per heavy atom. The van der Waals surface area contributed by atoms with Crippen molar-refractivity contribution in [3.63, 3.8) is 0 Å². The lowest BCUT2D eigenvalue weighted by atomic mass is 9.94. The number of aryl methyl sites for hydroxylation is 1. The highest BCUT2D eigenvalue weighted by molar-refractivity contribution is 6.02. The van der Waals surface area contributed by atoms with Gasteiger partial charge in [-0.1, -0.05) is 12.1 Å². The molecule has 0 bridgehead atoms. The Morgan fingerprint density at radius 3 is 2.63 bits per heavy atom. The molecule has 1 amide bonds. The zero-order chi connectivity index (χ0) is 20.7. The average molecular weight is 402 g/mol. The summed E-state index contributed by atoms with van der Waals surface area (Å²) in [6.45, 7) is 2.27. The quantitative estimate of drug-likeness (QED) is 0.682. The van der Waals surface area contributed by atoms with Crippen molar-refractivity contribution >= 4 is 11.6 Å². The summed E-state index contributed by atoms with van der Waals surface area (Å²) in [5.74, 6) is 2.01. The van der Waals surface area contributed by atoms with Gasteiger partial charge in [0.1, 0.15) is 0 Å². The van der Waals surface area contributed by atoms with Crippen LogP contribution in [0.2, 0.25) is 0 Å². The van der Waals surface area contributed by atoms with Crippen molar-refractivity contribution in [2.75, 3.05) is 19.2 Å². The smallest absolute Gasteiger partial charge is 0.235 e. The van der Waals surface area contributed by atoms with Gasteiger partial charge in [0, 0.05) is 23.5 Å². The number of carbonyl (C=O) groups is 1. The Morgan fingerprint density at radius 2 is 1.90 bits per heavy atom. The third kappa shape index (κ3) is 3.14. The molecule has 1 fully saturated rings. The van der Waals surface area contributed by atoms with Crippen LogP contribution in [-0.4, -0.2) is 24.8 Å². The fourth-order valence-corrected chi connectivity index (χ4v) is 3.89. The zero-order valence-electron chi connectivity index (χ0n) is 16.9. The first kappa shape index (κ1) is 18.5. The van der Waals surface area contributed by atoms with Gasteiger partial charge < -0.3 is 19.5 Å². The lowest BCUT2D eigenvalue weighted by Crippen LogP contribution is -2.27. The van der Waals surface area contributed by atoms with Gasteiger partial charge in [-0.2, -0.15) is 0 Å². The van der Waals surface area contributed by atoms with Gasteiger partial charge in [0.2, 0.25) is 18.6 Å². The lowest BCUT2D eigenvalue weighted by Gasteiger charge is -2.17. The first-order chi connectivity index (χ1) is 14.6. The van der Waals surface area contributed by atoms with E-state index in [9.17, 15) is 4.79 Å². The maximum absolute atomic E-state index is 13.2. The van der Waals surface area contributed by atoms with E-state index >= 15 is 0 Å². The van der Waals surface area contributed by atoms with Crippen molar-refractivity contribution in [3.8, 4) is 28.5 Å². The van der Waals surface area contributed by atoms with Crippen molar-refractivity contribution in [3.05, 3.63) is 65.9 Å². The van der Waals surface area contributed by atoms with Crippen LogP contribution in [0, 0.1) is 6.92 Å². The van der Waals surface area contributed by atoms with Gasteiger partial charge in [-0.25, -0.2) is 4.98 Å². The molecule has 0 spiro atoms. The molecule has 2 aromatic carbocycles. The fourth-order valence-electron chi connectivity index (χ4n) is 3.89. The Balaban J connectivity index is 1.39. The number of hydrogen-bond acceptors (Lipinski definition) is 5. The van der Waals surface area contributed by atoms with Gasteiger partial charge in [-0.3, -0.25) is 4.79 Å². The minimum absolute atomic E-state index is 0.00373. The molecule has 1 aliphatic heterocycles. The molecule has 0 atom stereocenters. The van der Waals surface area contributed by atoms with Gasteiger partial charge in [-0.15, -0.1) is 0 Å². The molecule has 2 heterocycles. The normalized spacial score (nSPS) is 15.5. The van der Waals surface area contributed by atoms with E-state index in [-0.39, 0.29) is 12.7 Å². The van der Waals surface area contributed by atoms with Crippen LogP contribution in [0.15, 0.2) is 54.7 Å². The van der Waals surface area contributed by atoms with E-state index in [1.807, 2.05) is 55.5 Å². The number of hydrogen-bond donors (Lipinski definition) is 1. The highest BCUT2D eigenvalue weighted by atomic mass is 16.7. The SMILES string of the molecule is COc1ccc(-c2cc(NC(=O)C3(c4ccc5c(c4)OCO5)CC3)ccc2C)cn1. The van der Waals surface area contributed by atoms with Crippen LogP contribution in [0.5, 0.6) is 17.4 Å². The Labute approximate surface area is 174 Å². The summed E-state index contributed by atoms with van der Waals surface area (Å²) in [6, 6.07) is 15.5. The first-order valence-corrected chi connectivity index (χ1v) is 9.92. The van der Waals surface area contributed by atoms with Crippen LogP contribution in [0.1, 0.15) is 24.0 Å². The molecule has 1 N–H and O–H groups in total. The summed E-state index contributed by atoms with van der Waals surface area (Å²) in [6.07, 6.45) is 3.42. The van der Waals surface area contributed by atoms with Crippen LogP contribution in [0.3, 0.4) is 0 Å². The van der Waals surface area contributed by atoms with Crippen LogP contribution >= 0.6 is 0 Å². The monoisotopic (exact) mass is 402 g/mol. The summed E-state index contributed by atoms with van der Waals surface area (Å²) in [4.78, 5) is 17.5. The number of nitrogens with one attached hydrogen (secondary N) is 1. The van der Waals surface area contributed by atoms with Crippen molar-refractivity contribution in [2.45, 2.75) is 25.2 Å². The van der Waals surface area contributed by atoms with Crippen LogP contribution in [-0.2, 0) is 10.2 Å². The van der Waals surface area contributed by atoms with Gasteiger partial charge in [0.15, 0.2) is 11.5 Å². The van der Waals surface area contributed by atoms with Crippen molar-refractivity contribution in [1.29, 1.82) is 0 Å². The van der Waals surface area contributed by atoms with E-state index in [0.29, 0.717) is 11.6 Å². The van der Waals surface area contributed by atoms with E-state index in [1.54, 1.807) is 13.3 Å². The summed E-state index contributed by atoms with van der Waals surface area (Å²) < 4.78 is 16.0. The first-order valence-electron chi connectivity index (χ1n) is 9.92. The summed E-state index contributed by atoms with van der Waals surface area (Å²) in [7, 11) is 1.59. The van der Waals surface area contributed by atoms with Gasteiger partial charge in [0.05, 0.1) is 12.5 Å². The number of aromatic nitrogens is 1. The van der Waals surface area contributed by atoms with Crippen molar-refractivity contribution in [2.24, 2.45) is 0 Å². The third-order valence-electron chi connectivity index (χ3n) is 5.86. The molecule has 6 heteroatoms. The van der Waals surface area contributed by atoms with Crippen LogP contribution in [0.4, 0.5) is 5.69 Å². The zero-order valence-corrected chi connectivity index (χ0v) is 16.9. The Kier molecular flexibility index (Phi) is 4.35. The van der Waals surface area contributed by atoms with E-state index in [4.69, 9.17) is 14.2 Å². The number of benzene rings is 2. The topological polar surface area (TPSA) is 69.7 Å². The fraction of sp³-hybridized carbons (Fsp3) is 0.250. The molecule has 0 radical (unpaired) electrons. The second-order valence-corrected chi connectivity index (χ2v) is 7.72. The molecular formula is C24H22N2O4. The number of nitrogens with zero attached hydrogens (tertiary/aromatic N) is 1. The lowest BCUT2D eigenvalue weighted by molar-refractivity contribution is -0.118. The summed E-state index contributed by atoms with van der Waals surface area (Å²) in [5.41, 5.74) is 4.33. The maximum atomic E-state index is 13.2. The van der Waals surface area contributed by atoms with Crippen molar-refractivity contribution in [1.82, 2.24) is 4.98 Å². The second-order valence-electron chi connectivity index (χ2n) is 7.72. The molecule has 6 nitrogen and oxygen atoms in total. The molecule has 1 saturated carbocycles. The highest BCUT2D eigenvalue weighted by Gasteiger charge is 2.51. The number of pyridine rings is 1. The molecule has 30 heavy (non-hydrogen) atoms. The number of ether oxygens (including phenoxy) is 3. The maximum Gasteiger partial charge on any atom is 0.235 e. The number of rotatable bonds is 5. The number of amides is 1. The molecule has 2 aliphatic rings. The number of anilines is 1. The van der Waals surface area contributed by atoms with E-state index in [1.165, 1.54) is 0 Å². The Hall–Kier alpha value is -3.54. The minimum Gasteiger partial charge on any atom is -0.481 e. The van der Waals surface area contributed by atoms with E-state index < -0.39 is 5.41 Å². The second kappa shape index (κ2) is 7.06. The minimum atomic E-state index is -0.506. The molecule has 1 aliphatic carbocycles. The highest BCUT2D eigenvalue weighted by Crippen LogP contribution is 2.51. The van der Waals surface area contributed by atoms with E-state index in [0.717, 1.165) is 46.5 Å². The Bertz CT molecular complexity index is 1120. The molecule has 152 valence electrons. The molecule has 1 aromatic heterocycles. The van der Waals surface area contributed by atoms with Crippen LogP contribution in [0.25, 0.3) is 11.1 Å². The predicted octanol–water partition coefficient (Wildman–Crippen LogP) is 4.46. The molecular weight excluding hydrogens is 380 g/mol. The number of methoxy groups -OCH3 is 1. The third-order valence-corrected chi connectivity index (χ3v) is 5.86. The van der Waals surface area contributed by atoms with Crippen molar-refractivity contribution < 1.29 is 19.0 Å². The summed E-state index contributed by atoms with van der Waals surface area (Å²) in [5, 5.41) is 3.11. The van der Waals surface area contributed by atoms with Gasteiger partial charge in [0.25, 0.3) is 0 Å². The average Bonchev–Trinajstić information content (AvgIpc) is 3.46. The molecule has 0 saturated heterocycles. The van der Waals surface area contributed by atoms with E-state index in [2.05, 4.69) is 10.3 Å². The predicted molar refractivity (Wildman–Crippen MR) is 113 cm³/mol. The van der Waals surface area contributed by atoms with Gasteiger partial charge in [-0.05, 0) is 66.8 Å².